The number of rotatable bonds is 4. The lowest BCUT2D eigenvalue weighted by molar-refractivity contribution is -0.384. The fraction of sp³-hybridized carbons (Fsp3) is 0.385. The second-order valence-electron chi connectivity index (χ2n) is 4.66. The van der Waals surface area contributed by atoms with Crippen LogP contribution in [0.4, 0.5) is 11.4 Å². The molecule has 1 aliphatic heterocycles. The summed E-state index contributed by atoms with van der Waals surface area (Å²) >= 11 is 1.44. The molecule has 1 atom stereocenters. The molecule has 1 aromatic rings. The molecule has 1 aliphatic rings. The number of nitro benzene ring substituents is 1. The van der Waals surface area contributed by atoms with E-state index in [1.54, 1.807) is 13.0 Å². The molecule has 2 N–H and O–H groups in total. The van der Waals surface area contributed by atoms with Gasteiger partial charge in [0.2, 0.25) is 11.8 Å². The van der Waals surface area contributed by atoms with Gasteiger partial charge in [-0.25, -0.2) is 0 Å². The first-order valence-electron chi connectivity index (χ1n) is 6.41. The van der Waals surface area contributed by atoms with E-state index in [1.807, 2.05) is 0 Å². The van der Waals surface area contributed by atoms with Crippen LogP contribution in [0.1, 0.15) is 12.0 Å². The Morgan fingerprint density at radius 1 is 1.57 bits per heavy atom. The molecule has 0 bridgehead atoms. The van der Waals surface area contributed by atoms with E-state index in [-0.39, 0.29) is 23.9 Å². The van der Waals surface area contributed by atoms with Gasteiger partial charge in [0.05, 0.1) is 15.9 Å². The normalized spacial score (nSPS) is 18.0. The third kappa shape index (κ3) is 3.94. The number of non-ortho nitro benzene ring substituents is 1. The molecule has 0 unspecified atom stereocenters. The van der Waals surface area contributed by atoms with Crippen LogP contribution in [0, 0.1) is 17.0 Å². The predicted molar refractivity (Wildman–Crippen MR) is 80.3 cm³/mol. The minimum absolute atomic E-state index is 0.0542. The first-order valence-corrected chi connectivity index (χ1v) is 7.46. The number of thioether (sulfide) groups is 1. The number of carbonyl (C=O) groups excluding carboxylic acids is 2. The van der Waals surface area contributed by atoms with E-state index in [0.717, 1.165) is 11.3 Å². The third-order valence-electron chi connectivity index (χ3n) is 3.09. The second-order valence-corrected chi connectivity index (χ2v) is 5.97. The zero-order valence-corrected chi connectivity index (χ0v) is 12.2. The predicted octanol–water partition coefficient (Wildman–Crippen LogP) is 1.46. The molecule has 1 heterocycles. The molecular weight excluding hydrogens is 294 g/mol. The Kier molecular flexibility index (Phi) is 4.79. The Morgan fingerprint density at radius 3 is 3.00 bits per heavy atom. The van der Waals surface area contributed by atoms with Gasteiger partial charge in [-0.2, -0.15) is 0 Å². The van der Waals surface area contributed by atoms with E-state index in [9.17, 15) is 19.7 Å². The number of hydrogen-bond donors (Lipinski definition) is 2. The van der Waals surface area contributed by atoms with E-state index in [2.05, 4.69) is 10.6 Å². The number of benzene rings is 1. The molecule has 0 aliphatic carbocycles. The first-order chi connectivity index (χ1) is 9.97. The van der Waals surface area contributed by atoms with E-state index >= 15 is 0 Å². The van der Waals surface area contributed by atoms with Crippen LogP contribution < -0.4 is 10.6 Å². The molecule has 0 spiro atoms. The van der Waals surface area contributed by atoms with Gasteiger partial charge in [0.1, 0.15) is 0 Å². The van der Waals surface area contributed by atoms with Crippen molar-refractivity contribution in [1.29, 1.82) is 0 Å². The van der Waals surface area contributed by atoms with Crippen molar-refractivity contribution < 1.29 is 14.5 Å². The number of aryl methyl sites for hydroxylation is 1. The first kappa shape index (κ1) is 15.3. The highest BCUT2D eigenvalue weighted by Crippen LogP contribution is 2.23. The maximum Gasteiger partial charge on any atom is 0.271 e. The van der Waals surface area contributed by atoms with Crippen LogP contribution in [0.5, 0.6) is 0 Å². The fourth-order valence-corrected chi connectivity index (χ4v) is 2.95. The van der Waals surface area contributed by atoms with Crippen molar-refractivity contribution in [3.63, 3.8) is 0 Å². The van der Waals surface area contributed by atoms with Crippen LogP contribution in [-0.2, 0) is 9.59 Å². The summed E-state index contributed by atoms with van der Waals surface area (Å²) in [5.74, 6) is 0.310. The molecule has 1 aromatic carbocycles. The van der Waals surface area contributed by atoms with Crippen LogP contribution in [0.3, 0.4) is 0 Å². The lowest BCUT2D eigenvalue weighted by Crippen LogP contribution is -2.40. The SMILES string of the molecule is Cc1ccc([N+](=O)[O-])cc1NC(=O)C[C@@H]1SCCNC1=O. The van der Waals surface area contributed by atoms with Crippen LogP contribution in [0.2, 0.25) is 0 Å². The molecule has 2 rings (SSSR count). The number of hydrogen-bond acceptors (Lipinski definition) is 5. The van der Waals surface area contributed by atoms with E-state index in [4.69, 9.17) is 0 Å². The van der Waals surface area contributed by atoms with Gasteiger partial charge in [0.25, 0.3) is 5.69 Å². The summed E-state index contributed by atoms with van der Waals surface area (Å²) in [6.07, 6.45) is 0.0542. The van der Waals surface area contributed by atoms with Crippen molar-refractivity contribution in [3.05, 3.63) is 33.9 Å². The summed E-state index contributed by atoms with van der Waals surface area (Å²) in [6, 6.07) is 4.28. The summed E-state index contributed by atoms with van der Waals surface area (Å²) in [7, 11) is 0. The number of nitrogens with one attached hydrogen (secondary N) is 2. The molecule has 0 saturated carbocycles. The van der Waals surface area contributed by atoms with Gasteiger partial charge < -0.3 is 10.6 Å². The largest absolute Gasteiger partial charge is 0.354 e. The molecule has 2 amide bonds. The number of carbonyl (C=O) groups is 2. The average Bonchev–Trinajstić information content (AvgIpc) is 2.43. The molecular formula is C13H15N3O4S. The van der Waals surface area contributed by atoms with Crippen molar-refractivity contribution in [1.82, 2.24) is 5.32 Å². The second kappa shape index (κ2) is 6.57. The smallest absolute Gasteiger partial charge is 0.271 e. The van der Waals surface area contributed by atoms with Crippen molar-refractivity contribution >= 4 is 35.0 Å². The van der Waals surface area contributed by atoms with E-state index < -0.39 is 10.2 Å². The Balaban J connectivity index is 2.03. The molecule has 1 fully saturated rings. The Hall–Kier alpha value is -2.09. The molecule has 7 nitrogen and oxygen atoms in total. The molecule has 0 radical (unpaired) electrons. The van der Waals surface area contributed by atoms with Gasteiger partial charge in [0, 0.05) is 30.9 Å². The maximum atomic E-state index is 12.0. The highest BCUT2D eigenvalue weighted by Gasteiger charge is 2.25. The van der Waals surface area contributed by atoms with Gasteiger partial charge in [-0.15, -0.1) is 11.8 Å². The number of amides is 2. The summed E-state index contributed by atoms with van der Waals surface area (Å²) < 4.78 is 0. The summed E-state index contributed by atoms with van der Waals surface area (Å²) in [4.78, 5) is 33.8. The maximum absolute atomic E-state index is 12.0. The molecule has 1 saturated heterocycles. The lowest BCUT2D eigenvalue weighted by atomic mass is 10.1. The topological polar surface area (TPSA) is 101 Å². The highest BCUT2D eigenvalue weighted by molar-refractivity contribution is 8.00. The molecule has 112 valence electrons. The standard InChI is InChI=1S/C13H15N3O4S/c1-8-2-3-9(16(19)20)6-10(8)15-12(17)7-11-13(18)14-4-5-21-11/h2-3,6,11H,4-5,7H2,1H3,(H,14,18)(H,15,17)/t11-/m0/s1. The number of nitro groups is 1. The lowest BCUT2D eigenvalue weighted by Gasteiger charge is -2.21. The number of anilines is 1. The monoisotopic (exact) mass is 309 g/mol. The van der Waals surface area contributed by atoms with Gasteiger partial charge in [-0.1, -0.05) is 6.07 Å². The van der Waals surface area contributed by atoms with Gasteiger partial charge >= 0.3 is 0 Å². The number of nitrogens with zero attached hydrogens (tertiary/aromatic N) is 1. The zero-order chi connectivity index (χ0) is 15.4. The van der Waals surface area contributed by atoms with Crippen molar-refractivity contribution in [3.8, 4) is 0 Å². The average molecular weight is 309 g/mol. The van der Waals surface area contributed by atoms with Crippen molar-refractivity contribution in [2.24, 2.45) is 0 Å². The zero-order valence-electron chi connectivity index (χ0n) is 11.4. The molecule has 21 heavy (non-hydrogen) atoms. The Morgan fingerprint density at radius 2 is 2.33 bits per heavy atom. The van der Waals surface area contributed by atoms with Crippen LogP contribution in [-0.4, -0.2) is 34.3 Å². The van der Waals surface area contributed by atoms with Gasteiger partial charge in [-0.3, -0.25) is 19.7 Å². The van der Waals surface area contributed by atoms with Crippen LogP contribution in [0.25, 0.3) is 0 Å². The van der Waals surface area contributed by atoms with Crippen LogP contribution >= 0.6 is 11.8 Å². The molecule has 8 heteroatoms. The van der Waals surface area contributed by atoms with E-state index in [0.29, 0.717) is 12.2 Å². The summed E-state index contributed by atoms with van der Waals surface area (Å²) in [5.41, 5.74) is 1.05. The minimum Gasteiger partial charge on any atom is -0.354 e. The molecule has 0 aromatic heterocycles. The minimum atomic E-state index is -0.514. The van der Waals surface area contributed by atoms with Crippen LogP contribution in [0.15, 0.2) is 18.2 Å². The Bertz CT molecular complexity index is 591. The highest BCUT2D eigenvalue weighted by atomic mass is 32.2. The summed E-state index contributed by atoms with van der Waals surface area (Å²) in [6.45, 7) is 2.37. The summed E-state index contributed by atoms with van der Waals surface area (Å²) in [5, 5.41) is 15.7. The third-order valence-corrected chi connectivity index (χ3v) is 4.31. The van der Waals surface area contributed by atoms with Crippen molar-refractivity contribution in [2.75, 3.05) is 17.6 Å². The fourth-order valence-electron chi connectivity index (χ4n) is 1.94. The van der Waals surface area contributed by atoms with Crippen molar-refractivity contribution in [2.45, 2.75) is 18.6 Å². The van der Waals surface area contributed by atoms with Gasteiger partial charge in [-0.05, 0) is 12.5 Å². The van der Waals surface area contributed by atoms with E-state index in [1.165, 1.54) is 23.9 Å². The van der Waals surface area contributed by atoms with Gasteiger partial charge in [0.15, 0.2) is 0 Å². The Labute approximate surface area is 125 Å². The quantitative estimate of drug-likeness (QED) is 0.647.